The van der Waals surface area contributed by atoms with E-state index >= 15 is 0 Å². The van der Waals surface area contributed by atoms with E-state index in [4.69, 9.17) is 4.42 Å². The zero-order valence-corrected chi connectivity index (χ0v) is 14.9. The minimum Gasteiger partial charge on any atom is -0.468 e. The highest BCUT2D eigenvalue weighted by molar-refractivity contribution is 8.00. The van der Waals surface area contributed by atoms with Crippen molar-refractivity contribution in [1.82, 2.24) is 10.2 Å². The van der Waals surface area contributed by atoms with Gasteiger partial charge in [-0.3, -0.25) is 9.69 Å². The van der Waals surface area contributed by atoms with Crippen LogP contribution in [0.2, 0.25) is 0 Å². The minimum absolute atomic E-state index is 0.0534. The number of carbonyl (C=O) groups excluding carboxylic acids is 1. The average Bonchev–Trinajstić information content (AvgIpc) is 3.16. The number of amides is 1. The first-order chi connectivity index (χ1) is 12.2. The minimum atomic E-state index is -0.290. The number of carbonyl (C=O) groups is 1. The second kappa shape index (κ2) is 9.06. The van der Waals surface area contributed by atoms with E-state index in [-0.39, 0.29) is 23.5 Å². The molecule has 1 amide bonds. The molecule has 1 atom stereocenters. The molecule has 0 bridgehead atoms. The summed E-state index contributed by atoms with van der Waals surface area (Å²) in [6.07, 6.45) is 5.28. The lowest BCUT2D eigenvalue weighted by Crippen LogP contribution is -2.40. The maximum Gasteiger partial charge on any atom is 0.230 e. The molecule has 134 valence electrons. The maximum atomic E-state index is 13.6. The van der Waals surface area contributed by atoms with E-state index in [9.17, 15) is 9.18 Å². The lowest BCUT2D eigenvalue weighted by atomic mass is 10.1. The van der Waals surface area contributed by atoms with Gasteiger partial charge in [0.05, 0.1) is 18.1 Å². The van der Waals surface area contributed by atoms with Crippen LogP contribution in [0.4, 0.5) is 4.39 Å². The molecule has 0 saturated carbocycles. The highest BCUT2D eigenvalue weighted by Crippen LogP contribution is 2.25. The number of hydrogen-bond donors (Lipinski definition) is 1. The summed E-state index contributed by atoms with van der Waals surface area (Å²) in [5.74, 6) is 0.694. The van der Waals surface area contributed by atoms with Crippen molar-refractivity contribution >= 4 is 17.7 Å². The SMILES string of the molecule is O=C(CSc1ccccc1F)NC[C@@H](c1ccco1)N1CCCCC1. The second-order valence-electron chi connectivity index (χ2n) is 6.15. The fourth-order valence-corrected chi connectivity index (χ4v) is 3.86. The average molecular weight is 362 g/mol. The zero-order chi connectivity index (χ0) is 17.5. The number of nitrogens with one attached hydrogen (secondary N) is 1. The summed E-state index contributed by atoms with van der Waals surface area (Å²) in [5, 5.41) is 2.97. The molecule has 1 saturated heterocycles. The number of hydrogen-bond acceptors (Lipinski definition) is 4. The largest absolute Gasteiger partial charge is 0.468 e. The van der Waals surface area contributed by atoms with Gasteiger partial charge < -0.3 is 9.73 Å². The molecular formula is C19H23FN2O2S. The predicted octanol–water partition coefficient (Wildman–Crippen LogP) is 3.85. The molecule has 0 unspecified atom stereocenters. The molecule has 0 radical (unpaired) electrons. The normalized spacial score (nSPS) is 16.5. The lowest BCUT2D eigenvalue weighted by molar-refractivity contribution is -0.118. The first kappa shape index (κ1) is 18.0. The number of likely N-dealkylation sites (tertiary alicyclic amines) is 1. The summed E-state index contributed by atoms with van der Waals surface area (Å²) in [5.41, 5.74) is 0. The summed E-state index contributed by atoms with van der Waals surface area (Å²) in [7, 11) is 0. The number of rotatable bonds is 7. The van der Waals surface area contributed by atoms with Crippen molar-refractivity contribution in [2.45, 2.75) is 30.2 Å². The smallest absolute Gasteiger partial charge is 0.230 e. The van der Waals surface area contributed by atoms with Gasteiger partial charge in [0.2, 0.25) is 5.91 Å². The van der Waals surface area contributed by atoms with Gasteiger partial charge in [0.25, 0.3) is 0 Å². The molecule has 1 aliphatic heterocycles. The molecule has 25 heavy (non-hydrogen) atoms. The number of benzene rings is 1. The zero-order valence-electron chi connectivity index (χ0n) is 14.1. The van der Waals surface area contributed by atoms with Crippen LogP contribution in [0.3, 0.4) is 0 Å². The van der Waals surface area contributed by atoms with Crippen molar-refractivity contribution < 1.29 is 13.6 Å². The molecule has 1 aromatic carbocycles. The van der Waals surface area contributed by atoms with E-state index in [0.29, 0.717) is 11.4 Å². The molecule has 6 heteroatoms. The molecule has 2 aromatic rings. The highest BCUT2D eigenvalue weighted by Gasteiger charge is 2.24. The van der Waals surface area contributed by atoms with E-state index in [1.165, 1.54) is 37.1 Å². The summed E-state index contributed by atoms with van der Waals surface area (Å²) in [6.45, 7) is 2.54. The predicted molar refractivity (Wildman–Crippen MR) is 97.0 cm³/mol. The molecule has 0 aliphatic carbocycles. The van der Waals surface area contributed by atoms with E-state index in [1.54, 1.807) is 24.5 Å². The molecule has 1 aromatic heterocycles. The summed E-state index contributed by atoms with van der Waals surface area (Å²) in [6, 6.07) is 10.4. The molecule has 4 nitrogen and oxygen atoms in total. The van der Waals surface area contributed by atoms with Gasteiger partial charge in [0.15, 0.2) is 0 Å². The van der Waals surface area contributed by atoms with Gasteiger partial charge in [0, 0.05) is 11.4 Å². The molecule has 2 heterocycles. The van der Waals surface area contributed by atoms with Crippen molar-refractivity contribution in [2.75, 3.05) is 25.4 Å². The van der Waals surface area contributed by atoms with Gasteiger partial charge >= 0.3 is 0 Å². The van der Waals surface area contributed by atoms with E-state index < -0.39 is 0 Å². The number of furan rings is 1. The van der Waals surface area contributed by atoms with Gasteiger partial charge in [-0.15, -0.1) is 11.8 Å². The van der Waals surface area contributed by atoms with Crippen molar-refractivity contribution in [2.24, 2.45) is 0 Å². The molecular weight excluding hydrogens is 339 g/mol. The third-order valence-corrected chi connectivity index (χ3v) is 5.44. The fraction of sp³-hybridized carbons (Fsp3) is 0.421. The summed E-state index contributed by atoms with van der Waals surface area (Å²) >= 11 is 1.22. The Morgan fingerprint density at radius 2 is 2.00 bits per heavy atom. The molecule has 3 rings (SSSR count). The Bertz CT molecular complexity index is 672. The second-order valence-corrected chi connectivity index (χ2v) is 7.17. The maximum absolute atomic E-state index is 13.6. The molecule has 1 fully saturated rings. The van der Waals surface area contributed by atoms with Gasteiger partial charge in [-0.05, 0) is 50.2 Å². The molecule has 1 N–H and O–H groups in total. The highest BCUT2D eigenvalue weighted by atomic mass is 32.2. The van der Waals surface area contributed by atoms with Gasteiger partial charge in [-0.2, -0.15) is 0 Å². The quantitative estimate of drug-likeness (QED) is 0.760. The first-order valence-corrected chi connectivity index (χ1v) is 9.64. The number of thioether (sulfide) groups is 1. The Balaban J connectivity index is 1.53. The number of piperidine rings is 1. The van der Waals surface area contributed by atoms with E-state index in [0.717, 1.165) is 18.8 Å². The Kier molecular flexibility index (Phi) is 6.53. The van der Waals surface area contributed by atoms with Crippen LogP contribution >= 0.6 is 11.8 Å². The van der Waals surface area contributed by atoms with Crippen LogP contribution in [0, 0.1) is 5.82 Å². The van der Waals surface area contributed by atoms with Gasteiger partial charge in [0.1, 0.15) is 11.6 Å². The van der Waals surface area contributed by atoms with Crippen LogP contribution < -0.4 is 5.32 Å². The van der Waals surface area contributed by atoms with Crippen LogP contribution in [-0.4, -0.2) is 36.2 Å². The first-order valence-electron chi connectivity index (χ1n) is 8.65. The monoisotopic (exact) mass is 362 g/mol. The van der Waals surface area contributed by atoms with Gasteiger partial charge in [-0.25, -0.2) is 4.39 Å². The third-order valence-electron chi connectivity index (χ3n) is 4.39. The molecule has 1 aliphatic rings. The van der Waals surface area contributed by atoms with Crippen LogP contribution in [0.15, 0.2) is 52.0 Å². The summed E-state index contributed by atoms with van der Waals surface area (Å²) in [4.78, 5) is 15.0. The van der Waals surface area contributed by atoms with E-state index in [2.05, 4.69) is 10.2 Å². The summed E-state index contributed by atoms with van der Waals surface area (Å²) < 4.78 is 19.2. The van der Waals surface area contributed by atoms with Crippen LogP contribution in [0.1, 0.15) is 31.1 Å². The fourth-order valence-electron chi connectivity index (χ4n) is 3.09. The number of halogens is 1. The molecule has 0 spiro atoms. The van der Waals surface area contributed by atoms with Crippen LogP contribution in [0.25, 0.3) is 0 Å². The Labute approximate surface area is 151 Å². The van der Waals surface area contributed by atoms with Crippen molar-refractivity contribution in [1.29, 1.82) is 0 Å². The Morgan fingerprint density at radius 1 is 1.20 bits per heavy atom. The van der Waals surface area contributed by atoms with Crippen molar-refractivity contribution in [3.05, 3.63) is 54.2 Å². The van der Waals surface area contributed by atoms with Gasteiger partial charge in [-0.1, -0.05) is 18.6 Å². The van der Waals surface area contributed by atoms with Crippen LogP contribution in [-0.2, 0) is 4.79 Å². The van der Waals surface area contributed by atoms with Crippen molar-refractivity contribution in [3.63, 3.8) is 0 Å². The third kappa shape index (κ3) is 5.09. The van der Waals surface area contributed by atoms with Crippen LogP contribution in [0.5, 0.6) is 0 Å². The topological polar surface area (TPSA) is 45.5 Å². The lowest BCUT2D eigenvalue weighted by Gasteiger charge is -2.33. The standard InChI is InChI=1S/C19H23FN2O2S/c20-15-7-2-3-9-18(15)25-14-19(23)21-13-16(17-8-6-12-24-17)22-10-4-1-5-11-22/h2-3,6-9,12,16H,1,4-5,10-11,13-14H2,(H,21,23)/t16-/m0/s1. The Morgan fingerprint density at radius 3 is 2.72 bits per heavy atom. The number of nitrogens with zero attached hydrogens (tertiary/aromatic N) is 1. The Hall–Kier alpha value is -1.79. The van der Waals surface area contributed by atoms with E-state index in [1.807, 2.05) is 12.1 Å². The van der Waals surface area contributed by atoms with Crippen molar-refractivity contribution in [3.8, 4) is 0 Å².